The summed E-state index contributed by atoms with van der Waals surface area (Å²) in [5.41, 5.74) is 15.4. The lowest BCUT2D eigenvalue weighted by Crippen LogP contribution is -2.33. The summed E-state index contributed by atoms with van der Waals surface area (Å²) in [6.07, 6.45) is 16.8. The highest BCUT2D eigenvalue weighted by Crippen LogP contribution is 2.63. The molecule has 1 spiro atoms. The minimum Gasteiger partial charge on any atom is -0.457 e. The lowest BCUT2D eigenvalue weighted by atomic mass is 9.64. The number of aromatic nitrogens is 3. The first kappa shape index (κ1) is 33.9. The third kappa shape index (κ3) is 5.16. The van der Waals surface area contributed by atoms with Gasteiger partial charge in [0.1, 0.15) is 11.5 Å². The highest BCUT2D eigenvalue weighted by atomic mass is 16.5. The molecule has 6 aromatic rings. The zero-order chi connectivity index (χ0) is 38.3. The fraction of sp³-hybridized carbons (Fsp3) is 0.189. The van der Waals surface area contributed by atoms with Crippen LogP contribution in [0.3, 0.4) is 0 Å². The first-order valence-corrected chi connectivity index (χ1v) is 20.5. The maximum atomic E-state index is 6.83. The highest BCUT2D eigenvalue weighted by molar-refractivity contribution is 5.97. The van der Waals surface area contributed by atoms with E-state index in [2.05, 4.69) is 166 Å². The Hall–Kier alpha value is -6.39. The summed E-state index contributed by atoms with van der Waals surface area (Å²) in [7, 11) is 0. The number of fused-ring (bicyclic) bond motifs is 9. The van der Waals surface area contributed by atoms with Crippen LogP contribution in [0, 0.1) is 11.8 Å². The SMILES string of the molecule is CC1C=CC2=C(C1)c1ccccc1C21c2ccccc2Oc2ccc(C3=C(c4nc(-c5ccccc5)nc(-c5cccc6c5C(C)CC=C6)n4)C=CCC3C)cc21. The van der Waals surface area contributed by atoms with Crippen molar-refractivity contribution in [3.05, 3.63) is 196 Å². The third-order valence-corrected chi connectivity index (χ3v) is 12.8. The number of ether oxygens (including phenoxy) is 1. The average molecular weight is 738 g/mol. The third-order valence-electron chi connectivity index (χ3n) is 12.8. The molecule has 2 heterocycles. The summed E-state index contributed by atoms with van der Waals surface area (Å²) in [6, 6.07) is 41.4. The van der Waals surface area contributed by atoms with E-state index in [1.165, 1.54) is 55.7 Å². The molecule has 5 aromatic carbocycles. The molecule has 0 bridgehead atoms. The second-order valence-corrected chi connectivity index (χ2v) is 16.4. The molecular weight excluding hydrogens is 695 g/mol. The van der Waals surface area contributed by atoms with Crippen LogP contribution >= 0.6 is 0 Å². The van der Waals surface area contributed by atoms with Crippen molar-refractivity contribution in [3.8, 4) is 34.3 Å². The molecule has 5 aliphatic rings. The number of nitrogens with zero attached hydrogens (tertiary/aromatic N) is 3. The van der Waals surface area contributed by atoms with Crippen LogP contribution in [0.1, 0.15) is 90.7 Å². The minimum absolute atomic E-state index is 0.229. The lowest BCUT2D eigenvalue weighted by Gasteiger charge is -2.41. The normalized spacial score (nSPS) is 22.5. The Bertz CT molecular complexity index is 2800. The Balaban J connectivity index is 1.15. The summed E-state index contributed by atoms with van der Waals surface area (Å²) >= 11 is 0. The molecule has 4 nitrogen and oxygen atoms in total. The quantitative estimate of drug-likeness (QED) is 0.181. The van der Waals surface area contributed by atoms with Crippen molar-refractivity contribution >= 4 is 22.8 Å². The van der Waals surface area contributed by atoms with Gasteiger partial charge in [0.25, 0.3) is 0 Å². The number of para-hydroxylation sites is 1. The van der Waals surface area contributed by atoms with Gasteiger partial charge in [-0.3, -0.25) is 0 Å². The largest absolute Gasteiger partial charge is 0.457 e. The molecule has 0 saturated heterocycles. The number of hydrogen-bond donors (Lipinski definition) is 0. The van der Waals surface area contributed by atoms with Gasteiger partial charge in [-0.1, -0.05) is 154 Å². The van der Waals surface area contributed by atoms with Gasteiger partial charge in [-0.15, -0.1) is 0 Å². The molecule has 0 N–H and O–H groups in total. The van der Waals surface area contributed by atoms with Gasteiger partial charge in [0, 0.05) is 27.8 Å². The standard InChI is InChI=1S/C53H43N3O/c1-32-26-28-43-41(30-32)38-20-7-8-23-42(38)53(43)44-24-9-10-25-46(44)57-47-29-27-37(31-45(47)53)49-34(3)15-12-21-40(49)52-55-50(36-16-5-4-6-17-36)54-51(56-52)39-22-13-19-35-18-11-14-33(2)48(35)39/h4-13,16-29,31-34H,14-15,30H2,1-3H3. The van der Waals surface area contributed by atoms with Gasteiger partial charge in [0.2, 0.25) is 0 Å². The Morgan fingerprint density at radius 1 is 0.579 bits per heavy atom. The van der Waals surface area contributed by atoms with Crippen molar-refractivity contribution in [1.82, 2.24) is 15.0 Å². The lowest BCUT2D eigenvalue weighted by molar-refractivity contribution is 0.435. The molecular formula is C53H43N3O. The Morgan fingerprint density at radius 2 is 1.30 bits per heavy atom. The number of rotatable bonds is 4. The summed E-state index contributed by atoms with van der Waals surface area (Å²) < 4.78 is 6.83. The molecule has 4 unspecified atom stereocenters. The van der Waals surface area contributed by atoms with E-state index in [1.54, 1.807) is 0 Å². The summed E-state index contributed by atoms with van der Waals surface area (Å²) in [6.45, 7) is 6.96. The van der Waals surface area contributed by atoms with Gasteiger partial charge >= 0.3 is 0 Å². The molecule has 4 aliphatic carbocycles. The smallest absolute Gasteiger partial charge is 0.164 e. The van der Waals surface area contributed by atoms with Crippen LogP contribution in [-0.4, -0.2) is 15.0 Å². The minimum atomic E-state index is -0.504. The summed E-state index contributed by atoms with van der Waals surface area (Å²) in [4.78, 5) is 15.9. The number of benzene rings is 5. The summed E-state index contributed by atoms with van der Waals surface area (Å²) in [5, 5.41) is 0. The predicted molar refractivity (Wildman–Crippen MR) is 232 cm³/mol. The fourth-order valence-corrected chi connectivity index (χ4v) is 10.3. The number of allylic oxidation sites excluding steroid dienone is 9. The molecule has 276 valence electrons. The molecule has 1 aromatic heterocycles. The van der Waals surface area contributed by atoms with Gasteiger partial charge in [-0.05, 0) is 99.8 Å². The number of hydrogen-bond acceptors (Lipinski definition) is 4. The van der Waals surface area contributed by atoms with E-state index in [1.807, 2.05) is 6.07 Å². The van der Waals surface area contributed by atoms with Gasteiger partial charge in [0.15, 0.2) is 17.5 Å². The molecule has 0 radical (unpaired) electrons. The van der Waals surface area contributed by atoms with Crippen molar-refractivity contribution in [2.45, 2.75) is 51.4 Å². The first-order valence-electron chi connectivity index (χ1n) is 20.5. The fourth-order valence-electron chi connectivity index (χ4n) is 10.3. The molecule has 57 heavy (non-hydrogen) atoms. The van der Waals surface area contributed by atoms with Crippen LogP contribution in [0.4, 0.5) is 0 Å². The first-order chi connectivity index (χ1) is 28.0. The van der Waals surface area contributed by atoms with Crippen LogP contribution in [-0.2, 0) is 5.41 Å². The van der Waals surface area contributed by atoms with Crippen LogP contribution < -0.4 is 4.74 Å². The van der Waals surface area contributed by atoms with Crippen molar-refractivity contribution in [2.24, 2.45) is 11.8 Å². The van der Waals surface area contributed by atoms with E-state index in [9.17, 15) is 0 Å². The van der Waals surface area contributed by atoms with Gasteiger partial charge in [0.05, 0.1) is 5.41 Å². The molecule has 0 fully saturated rings. The van der Waals surface area contributed by atoms with E-state index in [-0.39, 0.29) is 5.92 Å². The van der Waals surface area contributed by atoms with Crippen LogP contribution in [0.25, 0.3) is 45.6 Å². The average Bonchev–Trinajstić information content (AvgIpc) is 3.53. The van der Waals surface area contributed by atoms with E-state index in [4.69, 9.17) is 19.7 Å². The van der Waals surface area contributed by atoms with E-state index in [0.717, 1.165) is 47.5 Å². The van der Waals surface area contributed by atoms with Crippen LogP contribution in [0.2, 0.25) is 0 Å². The predicted octanol–water partition coefficient (Wildman–Crippen LogP) is 13.0. The van der Waals surface area contributed by atoms with Crippen molar-refractivity contribution in [2.75, 3.05) is 0 Å². The van der Waals surface area contributed by atoms with Crippen LogP contribution in [0.5, 0.6) is 11.5 Å². The Kier molecular flexibility index (Phi) is 7.79. The summed E-state index contributed by atoms with van der Waals surface area (Å²) in [5.74, 6) is 4.98. The molecule has 0 saturated carbocycles. The van der Waals surface area contributed by atoms with E-state index >= 15 is 0 Å². The Morgan fingerprint density at radius 3 is 2.19 bits per heavy atom. The maximum Gasteiger partial charge on any atom is 0.164 e. The van der Waals surface area contributed by atoms with Gasteiger partial charge in [-0.25, -0.2) is 15.0 Å². The monoisotopic (exact) mass is 737 g/mol. The van der Waals surface area contributed by atoms with Gasteiger partial charge in [-0.2, -0.15) is 0 Å². The second kappa shape index (κ2) is 13.1. The maximum absolute atomic E-state index is 6.83. The van der Waals surface area contributed by atoms with Crippen molar-refractivity contribution in [3.63, 3.8) is 0 Å². The van der Waals surface area contributed by atoms with Gasteiger partial charge < -0.3 is 4.74 Å². The molecule has 4 heteroatoms. The van der Waals surface area contributed by atoms with Crippen molar-refractivity contribution < 1.29 is 4.74 Å². The molecule has 4 atom stereocenters. The van der Waals surface area contributed by atoms with Crippen LogP contribution in [0.15, 0.2) is 151 Å². The topological polar surface area (TPSA) is 47.9 Å². The molecule has 0 amide bonds. The van der Waals surface area contributed by atoms with E-state index < -0.39 is 5.41 Å². The zero-order valence-corrected chi connectivity index (χ0v) is 32.5. The van der Waals surface area contributed by atoms with Crippen molar-refractivity contribution in [1.29, 1.82) is 0 Å². The molecule has 1 aliphatic heterocycles. The zero-order valence-electron chi connectivity index (χ0n) is 32.5. The van der Waals surface area contributed by atoms with E-state index in [0.29, 0.717) is 29.3 Å². The second-order valence-electron chi connectivity index (χ2n) is 16.4. The Labute approximate surface area is 334 Å². The molecule has 11 rings (SSSR count). The highest BCUT2D eigenvalue weighted by Gasteiger charge is 2.52.